The van der Waals surface area contributed by atoms with Crippen LogP contribution in [0.3, 0.4) is 0 Å². The lowest BCUT2D eigenvalue weighted by Gasteiger charge is -2.16. The Hall–Kier alpha value is -2.53. The highest BCUT2D eigenvalue weighted by molar-refractivity contribution is 6.31. The monoisotopic (exact) mass is 329 g/mol. The van der Waals surface area contributed by atoms with Gasteiger partial charge in [-0.2, -0.15) is 0 Å². The van der Waals surface area contributed by atoms with E-state index in [1.165, 1.54) is 0 Å². The maximum absolute atomic E-state index is 12.3. The smallest absolute Gasteiger partial charge is 0.247 e. The minimum absolute atomic E-state index is 0.0936. The second-order valence-corrected chi connectivity index (χ2v) is 5.77. The van der Waals surface area contributed by atoms with Crippen molar-refractivity contribution in [3.63, 3.8) is 0 Å². The van der Waals surface area contributed by atoms with Crippen molar-refractivity contribution in [2.45, 2.75) is 18.9 Å². The molecule has 0 unspecified atom stereocenters. The normalized spacial score (nSPS) is 16.7. The van der Waals surface area contributed by atoms with Gasteiger partial charge in [-0.3, -0.25) is 9.59 Å². The highest BCUT2D eigenvalue weighted by Gasteiger charge is 2.27. The third-order valence-electron chi connectivity index (χ3n) is 3.60. The molecule has 3 N–H and O–H groups in total. The fourth-order valence-electron chi connectivity index (χ4n) is 2.44. The Balaban J connectivity index is 1.79. The van der Waals surface area contributed by atoms with E-state index in [1.807, 2.05) is 30.3 Å². The molecule has 3 rings (SSSR count). The molecule has 2 amide bonds. The van der Waals surface area contributed by atoms with Crippen LogP contribution < -0.4 is 16.0 Å². The van der Waals surface area contributed by atoms with Crippen molar-refractivity contribution < 1.29 is 9.59 Å². The van der Waals surface area contributed by atoms with E-state index in [-0.39, 0.29) is 11.8 Å². The van der Waals surface area contributed by atoms with Gasteiger partial charge in [0.2, 0.25) is 11.8 Å². The Bertz CT molecular complexity index is 734. The van der Waals surface area contributed by atoms with Crippen LogP contribution in [0.4, 0.5) is 17.1 Å². The van der Waals surface area contributed by atoms with Crippen molar-refractivity contribution in [1.29, 1.82) is 0 Å². The molecule has 0 aliphatic carbocycles. The minimum atomic E-state index is -0.484. The van der Waals surface area contributed by atoms with Crippen LogP contribution in [0, 0.1) is 0 Å². The summed E-state index contributed by atoms with van der Waals surface area (Å²) < 4.78 is 0. The molecule has 0 aromatic heterocycles. The van der Waals surface area contributed by atoms with Gasteiger partial charge < -0.3 is 16.0 Å². The van der Waals surface area contributed by atoms with Gasteiger partial charge >= 0.3 is 0 Å². The van der Waals surface area contributed by atoms with Crippen LogP contribution >= 0.6 is 11.6 Å². The molecule has 1 fully saturated rings. The lowest BCUT2D eigenvalue weighted by Crippen LogP contribution is -2.37. The molecule has 1 atom stereocenters. The summed E-state index contributed by atoms with van der Waals surface area (Å²) in [5.41, 5.74) is 2.20. The molecule has 0 bridgehead atoms. The van der Waals surface area contributed by atoms with Gasteiger partial charge in [0.25, 0.3) is 0 Å². The van der Waals surface area contributed by atoms with E-state index >= 15 is 0 Å². The molecule has 1 aliphatic rings. The quantitative estimate of drug-likeness (QED) is 0.806. The van der Waals surface area contributed by atoms with E-state index in [9.17, 15) is 9.59 Å². The summed E-state index contributed by atoms with van der Waals surface area (Å²) in [5.74, 6) is -0.321. The van der Waals surface area contributed by atoms with Gasteiger partial charge in [0.1, 0.15) is 6.04 Å². The Morgan fingerprint density at radius 1 is 1.13 bits per heavy atom. The molecule has 1 saturated heterocycles. The Morgan fingerprint density at radius 3 is 2.61 bits per heavy atom. The molecule has 0 spiro atoms. The van der Waals surface area contributed by atoms with E-state index in [0.717, 1.165) is 5.69 Å². The molecule has 2 aromatic carbocycles. The second-order valence-electron chi connectivity index (χ2n) is 5.33. The predicted molar refractivity (Wildman–Crippen MR) is 91.0 cm³/mol. The van der Waals surface area contributed by atoms with E-state index in [4.69, 9.17) is 11.6 Å². The number of hydrogen-bond donors (Lipinski definition) is 3. The zero-order chi connectivity index (χ0) is 16.2. The third-order valence-corrected chi connectivity index (χ3v) is 3.84. The number of benzene rings is 2. The van der Waals surface area contributed by atoms with Crippen LogP contribution in [0.25, 0.3) is 0 Å². The summed E-state index contributed by atoms with van der Waals surface area (Å²) in [6, 6.07) is 14.3. The summed E-state index contributed by atoms with van der Waals surface area (Å²) in [4.78, 5) is 23.5. The van der Waals surface area contributed by atoms with Crippen LogP contribution in [-0.4, -0.2) is 17.9 Å². The first kappa shape index (κ1) is 15.4. The first-order valence-corrected chi connectivity index (χ1v) is 7.71. The van der Waals surface area contributed by atoms with Crippen molar-refractivity contribution in [2.24, 2.45) is 0 Å². The number of amides is 2. The first-order chi connectivity index (χ1) is 11.1. The van der Waals surface area contributed by atoms with E-state index in [2.05, 4.69) is 16.0 Å². The third kappa shape index (κ3) is 3.81. The van der Waals surface area contributed by atoms with Gasteiger partial charge in [-0.25, -0.2) is 0 Å². The molecule has 118 valence electrons. The Morgan fingerprint density at radius 2 is 1.91 bits per heavy atom. The van der Waals surface area contributed by atoms with Crippen LogP contribution in [-0.2, 0) is 9.59 Å². The molecule has 1 aliphatic heterocycles. The number of carbonyl (C=O) groups is 2. The van der Waals surface area contributed by atoms with Gasteiger partial charge in [-0.05, 0) is 36.8 Å². The maximum atomic E-state index is 12.3. The van der Waals surface area contributed by atoms with E-state index in [1.54, 1.807) is 18.2 Å². The van der Waals surface area contributed by atoms with Crippen molar-refractivity contribution in [1.82, 2.24) is 5.32 Å². The van der Waals surface area contributed by atoms with Crippen LogP contribution in [0.1, 0.15) is 12.8 Å². The number of nitrogens with one attached hydrogen (secondary N) is 3. The Kier molecular flexibility index (Phi) is 4.48. The standard InChI is InChI=1S/C17H16ClN3O2/c18-11-6-7-13(21-17(23)14-8-9-16(22)20-14)15(10-11)19-12-4-2-1-3-5-12/h1-7,10,14,19H,8-9H2,(H,20,22)(H,21,23)/t14-/m1/s1. The number of carbonyl (C=O) groups excluding carboxylic acids is 2. The summed E-state index contributed by atoms with van der Waals surface area (Å²) >= 11 is 6.06. The SMILES string of the molecule is O=C1CC[C@H](C(=O)Nc2ccc(Cl)cc2Nc2ccccc2)N1. The predicted octanol–water partition coefficient (Wildman–Crippen LogP) is 3.30. The molecular weight excluding hydrogens is 314 g/mol. The summed E-state index contributed by atoms with van der Waals surface area (Å²) in [6.45, 7) is 0. The lowest BCUT2D eigenvalue weighted by molar-refractivity contribution is -0.122. The highest BCUT2D eigenvalue weighted by atomic mass is 35.5. The molecule has 5 nitrogen and oxygen atoms in total. The fraction of sp³-hybridized carbons (Fsp3) is 0.176. The number of halogens is 1. The van der Waals surface area contributed by atoms with Gasteiger partial charge in [0.05, 0.1) is 11.4 Å². The number of para-hydroxylation sites is 1. The zero-order valence-electron chi connectivity index (χ0n) is 12.3. The van der Waals surface area contributed by atoms with E-state index < -0.39 is 6.04 Å². The number of anilines is 3. The molecule has 0 saturated carbocycles. The van der Waals surface area contributed by atoms with Crippen LogP contribution in [0.2, 0.25) is 5.02 Å². The largest absolute Gasteiger partial charge is 0.354 e. The fourth-order valence-corrected chi connectivity index (χ4v) is 2.61. The van der Waals surface area contributed by atoms with Crippen molar-refractivity contribution in [2.75, 3.05) is 10.6 Å². The average Bonchev–Trinajstić information content (AvgIpc) is 2.98. The van der Waals surface area contributed by atoms with Crippen molar-refractivity contribution in [3.8, 4) is 0 Å². The molecule has 23 heavy (non-hydrogen) atoms. The lowest BCUT2D eigenvalue weighted by atomic mass is 10.2. The minimum Gasteiger partial charge on any atom is -0.354 e. The summed E-state index contributed by atoms with van der Waals surface area (Å²) in [7, 11) is 0. The topological polar surface area (TPSA) is 70.2 Å². The zero-order valence-corrected chi connectivity index (χ0v) is 13.1. The molecule has 0 radical (unpaired) electrons. The highest BCUT2D eigenvalue weighted by Crippen LogP contribution is 2.29. The van der Waals surface area contributed by atoms with Gasteiger partial charge in [-0.15, -0.1) is 0 Å². The Labute approximate surface area is 139 Å². The molecule has 1 heterocycles. The molecular formula is C17H16ClN3O2. The summed E-state index contributed by atoms with van der Waals surface area (Å²) in [5, 5.41) is 9.30. The average molecular weight is 330 g/mol. The van der Waals surface area contributed by atoms with Crippen LogP contribution in [0.15, 0.2) is 48.5 Å². The van der Waals surface area contributed by atoms with Gasteiger partial charge in [-0.1, -0.05) is 29.8 Å². The van der Waals surface area contributed by atoms with Crippen LogP contribution in [0.5, 0.6) is 0 Å². The molecule has 6 heteroatoms. The number of rotatable bonds is 4. The van der Waals surface area contributed by atoms with Gasteiger partial charge in [0, 0.05) is 17.1 Å². The summed E-state index contributed by atoms with van der Waals surface area (Å²) in [6.07, 6.45) is 0.896. The van der Waals surface area contributed by atoms with Crippen molar-refractivity contribution in [3.05, 3.63) is 53.6 Å². The van der Waals surface area contributed by atoms with Gasteiger partial charge in [0.15, 0.2) is 0 Å². The number of hydrogen-bond acceptors (Lipinski definition) is 3. The second kappa shape index (κ2) is 6.71. The molecule has 2 aromatic rings. The van der Waals surface area contributed by atoms with E-state index in [0.29, 0.717) is 29.2 Å². The van der Waals surface area contributed by atoms with Crippen molar-refractivity contribution >= 4 is 40.5 Å². The maximum Gasteiger partial charge on any atom is 0.247 e. The first-order valence-electron chi connectivity index (χ1n) is 7.34.